The number of benzene rings is 1. The maximum absolute atomic E-state index is 13.3. The molecule has 0 saturated carbocycles. The second kappa shape index (κ2) is 19.5. The lowest BCUT2D eigenvalue weighted by molar-refractivity contribution is -0.148. The van der Waals surface area contributed by atoms with Crippen molar-refractivity contribution in [1.82, 2.24) is 21.3 Å². The molecule has 0 heterocycles. The Kier molecular flexibility index (Phi) is 16.8. The van der Waals surface area contributed by atoms with Crippen LogP contribution >= 0.6 is 0 Å². The van der Waals surface area contributed by atoms with E-state index in [1.54, 1.807) is 38.1 Å². The van der Waals surface area contributed by atoms with Crippen LogP contribution in [0.15, 0.2) is 24.3 Å². The van der Waals surface area contributed by atoms with Crippen LogP contribution in [0.5, 0.6) is 0 Å². The number of hydrogen-bond donors (Lipinski definition) is 6. The summed E-state index contributed by atoms with van der Waals surface area (Å²) >= 11 is 0. The maximum Gasteiger partial charge on any atom is 0.312 e. The molecule has 1 rings (SSSR count). The summed E-state index contributed by atoms with van der Waals surface area (Å²) in [7, 11) is 0. The van der Waals surface area contributed by atoms with Gasteiger partial charge in [-0.25, -0.2) is 4.79 Å². The Bertz CT molecular complexity index is 1010. The van der Waals surface area contributed by atoms with Crippen LogP contribution in [0.4, 0.5) is 10.5 Å². The van der Waals surface area contributed by atoms with Crippen molar-refractivity contribution in [2.75, 3.05) is 18.4 Å². The predicted octanol–water partition coefficient (Wildman–Crippen LogP) is 2.57. The Morgan fingerprint density at radius 1 is 0.833 bits per heavy atom. The van der Waals surface area contributed by atoms with Crippen molar-refractivity contribution in [1.29, 1.82) is 0 Å². The van der Waals surface area contributed by atoms with E-state index in [1.807, 2.05) is 13.8 Å². The van der Waals surface area contributed by atoms with E-state index in [1.165, 1.54) is 0 Å². The summed E-state index contributed by atoms with van der Waals surface area (Å²) in [5.74, 6) is -1.88. The number of unbranched alkanes of at least 4 members (excludes halogenated alkanes) is 1. The molecule has 7 N–H and O–H groups in total. The highest BCUT2D eigenvalue weighted by molar-refractivity contribution is 5.98. The first-order valence-electron chi connectivity index (χ1n) is 14.7. The molecule has 0 aromatic heterocycles. The van der Waals surface area contributed by atoms with Crippen molar-refractivity contribution >= 4 is 35.4 Å². The first kappa shape index (κ1) is 36.4. The highest BCUT2D eigenvalue weighted by Gasteiger charge is 2.28. The van der Waals surface area contributed by atoms with Crippen molar-refractivity contribution in [2.45, 2.75) is 98.4 Å². The van der Waals surface area contributed by atoms with Gasteiger partial charge in [0.1, 0.15) is 18.7 Å². The summed E-state index contributed by atoms with van der Waals surface area (Å²) in [6.07, 6.45) is 2.43. The van der Waals surface area contributed by atoms with Crippen LogP contribution in [-0.4, -0.2) is 60.9 Å². The summed E-state index contributed by atoms with van der Waals surface area (Å²) < 4.78 is 5.23. The van der Waals surface area contributed by atoms with Gasteiger partial charge in [-0.1, -0.05) is 53.7 Å². The summed E-state index contributed by atoms with van der Waals surface area (Å²) in [5, 5.41) is 14.2. The number of rotatable bonds is 19. The van der Waals surface area contributed by atoms with Crippen LogP contribution in [-0.2, 0) is 30.5 Å². The monoisotopic (exact) mass is 590 g/mol. The van der Waals surface area contributed by atoms with Gasteiger partial charge in [0.15, 0.2) is 0 Å². The third kappa shape index (κ3) is 15.4. The number of anilines is 1. The number of hydrogen-bond acceptors (Lipinski definition) is 7. The van der Waals surface area contributed by atoms with Crippen LogP contribution in [0.3, 0.4) is 0 Å². The lowest BCUT2D eigenvalue weighted by atomic mass is 10.0. The topological polar surface area (TPSA) is 181 Å². The van der Waals surface area contributed by atoms with Gasteiger partial charge in [-0.15, -0.1) is 0 Å². The van der Waals surface area contributed by atoms with E-state index in [0.717, 1.165) is 18.5 Å². The van der Waals surface area contributed by atoms with Crippen molar-refractivity contribution in [2.24, 2.45) is 17.6 Å². The van der Waals surface area contributed by atoms with Crippen molar-refractivity contribution < 1.29 is 28.7 Å². The molecule has 0 spiro atoms. The Balaban J connectivity index is 2.83. The van der Waals surface area contributed by atoms with Gasteiger partial charge in [-0.05, 0) is 55.8 Å². The Morgan fingerprint density at radius 2 is 1.50 bits per heavy atom. The fraction of sp³-hybridized carbons (Fsp3) is 0.633. The molecular weight excluding hydrogens is 540 g/mol. The molecule has 0 aliphatic carbocycles. The lowest BCUT2D eigenvalue weighted by Gasteiger charge is -2.25. The predicted molar refractivity (Wildman–Crippen MR) is 162 cm³/mol. The zero-order valence-corrected chi connectivity index (χ0v) is 25.9. The molecule has 5 amide bonds. The highest BCUT2D eigenvalue weighted by Crippen LogP contribution is 2.13. The van der Waals surface area contributed by atoms with Crippen LogP contribution in [0.25, 0.3) is 0 Å². The quantitative estimate of drug-likeness (QED) is 0.106. The molecule has 0 aliphatic heterocycles. The molecule has 0 radical (unpaired) electrons. The summed E-state index contributed by atoms with van der Waals surface area (Å²) in [5.41, 5.74) is 6.39. The van der Waals surface area contributed by atoms with Gasteiger partial charge in [0.05, 0.1) is 5.92 Å². The van der Waals surface area contributed by atoms with Crippen molar-refractivity contribution in [3.8, 4) is 0 Å². The van der Waals surface area contributed by atoms with Crippen molar-refractivity contribution in [3.05, 3.63) is 29.8 Å². The molecule has 0 aliphatic rings. The van der Waals surface area contributed by atoms with E-state index in [0.29, 0.717) is 31.0 Å². The number of ether oxygens (including phenoxy) is 1. The second-order valence-corrected chi connectivity index (χ2v) is 11.3. The molecule has 0 saturated heterocycles. The Labute approximate surface area is 249 Å². The third-order valence-corrected chi connectivity index (χ3v) is 6.32. The first-order valence-corrected chi connectivity index (χ1v) is 14.7. The number of nitrogens with two attached hydrogens (primary N) is 1. The molecule has 1 aromatic carbocycles. The van der Waals surface area contributed by atoms with E-state index >= 15 is 0 Å². The van der Waals surface area contributed by atoms with Gasteiger partial charge in [-0.2, -0.15) is 0 Å². The van der Waals surface area contributed by atoms with Crippen molar-refractivity contribution in [3.63, 3.8) is 0 Å². The average molecular weight is 591 g/mol. The van der Waals surface area contributed by atoms with E-state index in [4.69, 9.17) is 10.5 Å². The standard InChI is InChI=1S/C30H50N6O6/c1-19(2)26(36-25(37)11-7-8-16-32-21(5)6)28(39)35-24(10-9-17-33-30(31)41)27(38)34-23-14-12-22(13-15-23)18-42-29(40)20(3)4/h12-15,19-21,24,26,32H,7-11,16-18H2,1-6H3,(H,34,38)(H,35,39)(H,36,37)(H3,31,33,41). The second-order valence-electron chi connectivity index (χ2n) is 11.3. The normalized spacial score (nSPS) is 12.5. The molecular formula is C30H50N6O6. The largest absolute Gasteiger partial charge is 0.461 e. The summed E-state index contributed by atoms with van der Waals surface area (Å²) in [4.78, 5) is 61.8. The minimum absolute atomic E-state index is 0.119. The van der Waals surface area contributed by atoms with E-state index < -0.39 is 29.9 Å². The number of amides is 5. The molecule has 42 heavy (non-hydrogen) atoms. The molecule has 12 nitrogen and oxygen atoms in total. The van der Waals surface area contributed by atoms with Gasteiger partial charge in [0.2, 0.25) is 17.7 Å². The van der Waals surface area contributed by atoms with E-state index in [2.05, 4.69) is 40.4 Å². The number of carbonyl (C=O) groups excluding carboxylic acids is 5. The Hall–Kier alpha value is -3.67. The fourth-order valence-corrected chi connectivity index (χ4v) is 3.86. The number of nitrogens with one attached hydrogen (secondary N) is 5. The molecule has 236 valence electrons. The van der Waals surface area contributed by atoms with Gasteiger partial charge >= 0.3 is 12.0 Å². The summed E-state index contributed by atoms with van der Waals surface area (Å²) in [6, 6.07) is 4.77. The molecule has 0 fully saturated rings. The minimum Gasteiger partial charge on any atom is -0.461 e. The molecule has 0 bridgehead atoms. The number of carbonyl (C=O) groups is 5. The zero-order valence-electron chi connectivity index (χ0n) is 25.9. The highest BCUT2D eigenvalue weighted by atomic mass is 16.5. The van der Waals surface area contributed by atoms with Crippen LogP contribution in [0.1, 0.15) is 79.2 Å². The van der Waals surface area contributed by atoms with Gasteiger partial charge in [0, 0.05) is 24.7 Å². The maximum atomic E-state index is 13.3. The fourth-order valence-electron chi connectivity index (χ4n) is 3.86. The van der Waals surface area contributed by atoms with Gasteiger partial charge < -0.3 is 37.1 Å². The molecule has 12 heteroatoms. The third-order valence-electron chi connectivity index (χ3n) is 6.32. The molecule has 2 unspecified atom stereocenters. The van der Waals surface area contributed by atoms with Crippen LogP contribution < -0.4 is 32.3 Å². The number of esters is 1. The summed E-state index contributed by atoms with van der Waals surface area (Å²) in [6.45, 7) is 12.4. The number of urea groups is 1. The zero-order chi connectivity index (χ0) is 31.7. The van der Waals surface area contributed by atoms with E-state index in [9.17, 15) is 24.0 Å². The minimum atomic E-state index is -0.931. The average Bonchev–Trinajstić information content (AvgIpc) is 2.91. The van der Waals surface area contributed by atoms with E-state index in [-0.39, 0.29) is 43.3 Å². The smallest absolute Gasteiger partial charge is 0.312 e. The number of primary amides is 1. The van der Waals surface area contributed by atoms with Gasteiger partial charge in [0.25, 0.3) is 0 Å². The van der Waals surface area contributed by atoms with Gasteiger partial charge in [-0.3, -0.25) is 19.2 Å². The van der Waals surface area contributed by atoms with Crippen LogP contribution in [0, 0.1) is 11.8 Å². The SMILES string of the molecule is CC(C)NCCCCC(=O)NC(C(=O)NC(CCCNC(N)=O)C(=O)Nc1ccc(COC(=O)C(C)C)cc1)C(C)C. The first-order chi connectivity index (χ1) is 19.8. The Morgan fingerprint density at radius 3 is 2.07 bits per heavy atom. The van der Waals surface area contributed by atoms with Crippen LogP contribution in [0.2, 0.25) is 0 Å². The molecule has 2 atom stereocenters. The lowest BCUT2D eigenvalue weighted by Crippen LogP contribution is -2.54. The molecule has 1 aromatic rings.